The molecular weight excluding hydrogens is 671 g/mol. The van der Waals surface area contributed by atoms with Gasteiger partial charge >= 0.3 is 5.97 Å². The Hall–Kier alpha value is -2.44. The zero-order valence-electron chi connectivity index (χ0n) is 35.3. The Bertz CT molecular complexity index is 984. The van der Waals surface area contributed by atoms with Gasteiger partial charge in [0.25, 0.3) is 0 Å². The molecule has 1 amide bonds. The molecule has 0 aromatic heterocycles. The van der Waals surface area contributed by atoms with Crippen LogP contribution < -0.4 is 5.32 Å². The zero-order chi connectivity index (χ0) is 39.6. The van der Waals surface area contributed by atoms with Crippen molar-refractivity contribution in [1.82, 2.24) is 5.32 Å². The van der Waals surface area contributed by atoms with Gasteiger partial charge < -0.3 is 20.3 Å². The first-order valence-corrected chi connectivity index (χ1v) is 22.5. The lowest BCUT2D eigenvalue weighted by atomic mass is 10.0. The highest BCUT2D eigenvalue weighted by atomic mass is 16.5. The molecule has 0 bridgehead atoms. The van der Waals surface area contributed by atoms with Crippen LogP contribution in [0.2, 0.25) is 0 Å². The molecule has 0 fully saturated rings. The van der Waals surface area contributed by atoms with Crippen molar-refractivity contribution in [1.29, 1.82) is 0 Å². The van der Waals surface area contributed by atoms with Crippen LogP contribution in [-0.2, 0) is 14.3 Å². The molecule has 3 N–H and O–H groups in total. The van der Waals surface area contributed by atoms with Crippen LogP contribution in [0.3, 0.4) is 0 Å². The summed E-state index contributed by atoms with van der Waals surface area (Å²) in [4.78, 5) is 25.8. The first kappa shape index (κ1) is 51.6. The summed E-state index contributed by atoms with van der Waals surface area (Å²) < 4.78 is 5.84. The number of rotatable bonds is 39. The van der Waals surface area contributed by atoms with Crippen molar-refractivity contribution in [2.75, 3.05) is 6.61 Å². The molecule has 6 heteroatoms. The molecule has 0 aromatic rings. The van der Waals surface area contributed by atoms with Crippen molar-refractivity contribution < 1.29 is 24.5 Å². The van der Waals surface area contributed by atoms with Gasteiger partial charge in [-0.3, -0.25) is 9.59 Å². The summed E-state index contributed by atoms with van der Waals surface area (Å²) in [7, 11) is 0. The van der Waals surface area contributed by atoms with E-state index in [1.54, 1.807) is 0 Å². The Kier molecular flexibility index (Phi) is 39.8. The average molecular weight is 756 g/mol. The summed E-state index contributed by atoms with van der Waals surface area (Å²) in [6, 6.07) is -0.709. The summed E-state index contributed by atoms with van der Waals surface area (Å²) in [6.07, 6.45) is 50.1. The lowest BCUT2D eigenvalue weighted by Crippen LogP contribution is -2.46. The molecule has 3 atom stereocenters. The predicted octanol–water partition coefficient (Wildman–Crippen LogP) is 12.9. The second-order valence-corrected chi connectivity index (χ2v) is 15.1. The standard InChI is InChI=1S/C48H85NO5/c1-4-7-10-13-16-18-20-21-22-23-24-25-27-29-32-35-38-41-48(53)54-44(39-36-33-30-15-12-9-6-3)42-47(52)49-45(43-50)46(51)40-37-34-31-28-26-19-17-14-11-8-5-2/h7,10,16,18,21-22,24-25,29,32,44-46,50-51H,4-6,8-9,11-15,17,19-20,23,26-28,30-31,33-43H2,1-3H3,(H,49,52)/b10-7-,18-16-,22-21-,25-24-,32-29-. The second-order valence-electron chi connectivity index (χ2n) is 15.1. The van der Waals surface area contributed by atoms with Crippen LogP contribution in [0.15, 0.2) is 60.8 Å². The van der Waals surface area contributed by atoms with Gasteiger partial charge in [-0.25, -0.2) is 0 Å². The minimum Gasteiger partial charge on any atom is -0.462 e. The Morgan fingerprint density at radius 2 is 0.981 bits per heavy atom. The number of esters is 1. The maximum atomic E-state index is 13.1. The van der Waals surface area contributed by atoms with E-state index in [2.05, 4.69) is 86.8 Å². The third-order valence-corrected chi connectivity index (χ3v) is 9.86. The largest absolute Gasteiger partial charge is 0.462 e. The quantitative estimate of drug-likeness (QED) is 0.0330. The van der Waals surface area contributed by atoms with E-state index in [4.69, 9.17) is 4.74 Å². The molecule has 6 nitrogen and oxygen atoms in total. The maximum absolute atomic E-state index is 13.1. The van der Waals surface area contributed by atoms with Crippen LogP contribution in [0, 0.1) is 0 Å². The number of aliphatic hydroxyl groups is 2. The molecule has 0 aliphatic heterocycles. The van der Waals surface area contributed by atoms with Crippen molar-refractivity contribution in [2.45, 2.75) is 225 Å². The summed E-state index contributed by atoms with van der Waals surface area (Å²) in [5, 5.41) is 23.5. The summed E-state index contributed by atoms with van der Waals surface area (Å²) >= 11 is 0. The van der Waals surface area contributed by atoms with Crippen LogP contribution in [0.1, 0.15) is 207 Å². The fourth-order valence-electron chi connectivity index (χ4n) is 6.46. The van der Waals surface area contributed by atoms with Gasteiger partial charge in [0.15, 0.2) is 0 Å². The van der Waals surface area contributed by atoms with Gasteiger partial charge in [0.2, 0.25) is 5.91 Å². The van der Waals surface area contributed by atoms with Crippen LogP contribution in [-0.4, -0.2) is 46.9 Å². The number of carbonyl (C=O) groups is 2. The Morgan fingerprint density at radius 3 is 1.44 bits per heavy atom. The molecule has 54 heavy (non-hydrogen) atoms. The van der Waals surface area contributed by atoms with E-state index in [0.717, 1.165) is 77.0 Å². The summed E-state index contributed by atoms with van der Waals surface area (Å²) in [5.41, 5.74) is 0. The highest BCUT2D eigenvalue weighted by Crippen LogP contribution is 2.17. The van der Waals surface area contributed by atoms with Crippen molar-refractivity contribution in [2.24, 2.45) is 0 Å². The number of carbonyl (C=O) groups excluding carboxylic acids is 2. The van der Waals surface area contributed by atoms with Crippen LogP contribution in [0.5, 0.6) is 0 Å². The van der Waals surface area contributed by atoms with E-state index in [9.17, 15) is 19.8 Å². The fourth-order valence-corrected chi connectivity index (χ4v) is 6.46. The van der Waals surface area contributed by atoms with Crippen molar-refractivity contribution >= 4 is 11.9 Å². The van der Waals surface area contributed by atoms with Crippen molar-refractivity contribution in [3.8, 4) is 0 Å². The zero-order valence-corrected chi connectivity index (χ0v) is 35.3. The number of amides is 1. The van der Waals surface area contributed by atoms with E-state index in [0.29, 0.717) is 25.7 Å². The second kappa shape index (κ2) is 41.7. The van der Waals surface area contributed by atoms with E-state index in [1.165, 1.54) is 77.0 Å². The van der Waals surface area contributed by atoms with Gasteiger partial charge in [-0.2, -0.15) is 0 Å². The Balaban J connectivity index is 4.54. The predicted molar refractivity (Wildman–Crippen MR) is 232 cm³/mol. The van der Waals surface area contributed by atoms with Gasteiger partial charge in [-0.05, 0) is 64.2 Å². The first-order valence-electron chi connectivity index (χ1n) is 22.5. The third-order valence-electron chi connectivity index (χ3n) is 9.86. The van der Waals surface area contributed by atoms with Gasteiger partial charge in [0, 0.05) is 6.42 Å². The SMILES string of the molecule is CC/C=C\C/C=C\C/C=C\C/C=C\C/C=C\CCCC(=O)OC(CCCCCCCCC)CC(=O)NC(CO)C(O)CCCCCCCCCCCCC. The van der Waals surface area contributed by atoms with Crippen LogP contribution >= 0.6 is 0 Å². The first-order chi connectivity index (χ1) is 26.5. The lowest BCUT2D eigenvalue weighted by Gasteiger charge is -2.24. The van der Waals surface area contributed by atoms with Gasteiger partial charge in [0.05, 0.1) is 25.2 Å². The van der Waals surface area contributed by atoms with Crippen molar-refractivity contribution in [3.05, 3.63) is 60.8 Å². The Morgan fingerprint density at radius 1 is 0.556 bits per heavy atom. The fraction of sp³-hybridized carbons (Fsp3) is 0.750. The number of hydrogen-bond donors (Lipinski definition) is 3. The van der Waals surface area contributed by atoms with Crippen LogP contribution in [0.25, 0.3) is 0 Å². The topological polar surface area (TPSA) is 95.9 Å². The summed E-state index contributed by atoms with van der Waals surface area (Å²) in [5.74, 6) is -0.551. The summed E-state index contributed by atoms with van der Waals surface area (Å²) in [6.45, 7) is 6.29. The molecule has 0 aromatic carbocycles. The van der Waals surface area contributed by atoms with Crippen molar-refractivity contribution in [3.63, 3.8) is 0 Å². The number of hydrogen-bond acceptors (Lipinski definition) is 5. The molecule has 0 heterocycles. The maximum Gasteiger partial charge on any atom is 0.306 e. The number of unbranched alkanes of at least 4 members (excludes halogenated alkanes) is 17. The highest BCUT2D eigenvalue weighted by molar-refractivity contribution is 5.77. The highest BCUT2D eigenvalue weighted by Gasteiger charge is 2.24. The molecule has 0 spiro atoms. The normalized spacial score (nSPS) is 13.9. The Labute approximate surface area is 333 Å². The minimum absolute atomic E-state index is 0.0536. The number of aliphatic hydroxyl groups excluding tert-OH is 2. The van der Waals surface area contributed by atoms with E-state index in [1.807, 2.05) is 0 Å². The number of allylic oxidation sites excluding steroid dienone is 10. The molecule has 0 aliphatic rings. The monoisotopic (exact) mass is 756 g/mol. The smallest absolute Gasteiger partial charge is 0.306 e. The molecule has 312 valence electrons. The molecule has 0 aliphatic carbocycles. The molecule has 0 radical (unpaired) electrons. The minimum atomic E-state index is -0.794. The third kappa shape index (κ3) is 36.5. The average Bonchev–Trinajstić information content (AvgIpc) is 3.16. The van der Waals surface area contributed by atoms with E-state index >= 15 is 0 Å². The van der Waals surface area contributed by atoms with Gasteiger partial charge in [-0.15, -0.1) is 0 Å². The van der Waals surface area contributed by atoms with Crippen LogP contribution in [0.4, 0.5) is 0 Å². The van der Waals surface area contributed by atoms with E-state index in [-0.39, 0.29) is 24.9 Å². The van der Waals surface area contributed by atoms with Gasteiger partial charge in [0.1, 0.15) is 6.10 Å². The molecule has 0 saturated carbocycles. The molecular formula is C48H85NO5. The lowest BCUT2D eigenvalue weighted by molar-refractivity contribution is -0.151. The van der Waals surface area contributed by atoms with E-state index < -0.39 is 18.2 Å². The van der Waals surface area contributed by atoms with Gasteiger partial charge in [-0.1, -0.05) is 191 Å². The number of ether oxygens (including phenoxy) is 1. The molecule has 0 saturated heterocycles. The molecule has 0 rings (SSSR count). The molecule has 3 unspecified atom stereocenters. The number of nitrogens with one attached hydrogen (secondary N) is 1.